The van der Waals surface area contributed by atoms with Gasteiger partial charge in [0.1, 0.15) is 9.71 Å². The molecule has 0 atom stereocenters. The smallest absolute Gasteiger partial charge is 0.350 e. The van der Waals surface area contributed by atoms with Crippen molar-refractivity contribution in [3.63, 3.8) is 0 Å². The van der Waals surface area contributed by atoms with Gasteiger partial charge >= 0.3 is 5.97 Å². The number of ether oxygens (including phenoxy) is 1. The number of hydrogen-bond acceptors (Lipinski definition) is 6. The van der Waals surface area contributed by atoms with Gasteiger partial charge in [-0.1, -0.05) is 18.2 Å². The Morgan fingerprint density at radius 1 is 1.10 bits per heavy atom. The SMILES string of the molecule is CCOC(=O)c1sc2c(ccc(=O)n2-c2ccccc2)c1Nc1ccc(C#N)cc1. The molecule has 0 saturated heterocycles. The normalized spacial score (nSPS) is 10.5. The predicted molar refractivity (Wildman–Crippen MR) is 118 cm³/mol. The average Bonchev–Trinajstić information content (AvgIpc) is 3.13. The van der Waals surface area contributed by atoms with Crippen LogP contribution in [0.4, 0.5) is 11.4 Å². The number of rotatable bonds is 5. The van der Waals surface area contributed by atoms with Gasteiger partial charge in [0.25, 0.3) is 5.56 Å². The molecule has 0 amide bonds. The van der Waals surface area contributed by atoms with Gasteiger partial charge in [-0.05, 0) is 49.4 Å². The zero-order chi connectivity index (χ0) is 21.1. The average molecular weight is 415 g/mol. The molecule has 7 heteroatoms. The molecule has 1 N–H and O–H groups in total. The van der Waals surface area contributed by atoms with Crippen molar-refractivity contribution in [3.05, 3.63) is 87.5 Å². The summed E-state index contributed by atoms with van der Waals surface area (Å²) in [5.74, 6) is -0.457. The number of nitrogens with one attached hydrogen (secondary N) is 1. The number of pyridine rings is 1. The Hall–Kier alpha value is -3.89. The van der Waals surface area contributed by atoms with Crippen LogP contribution in [0.5, 0.6) is 0 Å². The van der Waals surface area contributed by atoms with Crippen LogP contribution in [0.15, 0.2) is 71.5 Å². The minimum absolute atomic E-state index is 0.185. The molecule has 6 nitrogen and oxygen atoms in total. The Morgan fingerprint density at radius 3 is 2.50 bits per heavy atom. The Labute approximate surface area is 176 Å². The standard InChI is InChI=1S/C23H17N3O3S/c1-2-29-23(28)21-20(25-16-10-8-15(14-24)9-11-16)18-12-13-19(27)26(22(18)30-21)17-6-4-3-5-7-17/h3-13,25H,2H2,1H3. The van der Waals surface area contributed by atoms with Gasteiger partial charge in [-0.2, -0.15) is 5.26 Å². The molecule has 0 aliphatic rings. The number of aromatic nitrogens is 1. The summed E-state index contributed by atoms with van der Waals surface area (Å²) in [4.78, 5) is 26.4. The molecule has 30 heavy (non-hydrogen) atoms. The number of thiophene rings is 1. The largest absolute Gasteiger partial charge is 0.462 e. The van der Waals surface area contributed by atoms with E-state index in [1.807, 2.05) is 30.3 Å². The molecule has 4 aromatic rings. The highest BCUT2D eigenvalue weighted by Crippen LogP contribution is 2.38. The van der Waals surface area contributed by atoms with E-state index in [0.29, 0.717) is 21.0 Å². The van der Waals surface area contributed by atoms with Crippen molar-refractivity contribution < 1.29 is 9.53 Å². The lowest BCUT2D eigenvalue weighted by Gasteiger charge is -2.09. The monoisotopic (exact) mass is 415 g/mol. The zero-order valence-electron chi connectivity index (χ0n) is 16.1. The number of benzene rings is 2. The van der Waals surface area contributed by atoms with Crippen LogP contribution in [0.2, 0.25) is 0 Å². The highest BCUT2D eigenvalue weighted by molar-refractivity contribution is 7.21. The molecule has 0 unspecified atom stereocenters. The van der Waals surface area contributed by atoms with Crippen molar-refractivity contribution in [2.45, 2.75) is 6.92 Å². The van der Waals surface area contributed by atoms with Crippen molar-refractivity contribution in [1.29, 1.82) is 5.26 Å². The molecular formula is C23H17N3O3S. The number of fused-ring (bicyclic) bond motifs is 1. The molecule has 0 aliphatic carbocycles. The van der Waals surface area contributed by atoms with E-state index in [9.17, 15) is 9.59 Å². The van der Waals surface area contributed by atoms with Gasteiger partial charge in [-0.25, -0.2) is 4.79 Å². The van der Waals surface area contributed by atoms with Gasteiger partial charge in [0, 0.05) is 17.1 Å². The maximum atomic E-state index is 12.7. The summed E-state index contributed by atoms with van der Waals surface area (Å²) in [5, 5.41) is 13.0. The fourth-order valence-corrected chi connectivity index (χ4v) is 4.31. The number of carbonyl (C=O) groups excluding carboxylic acids is 1. The van der Waals surface area contributed by atoms with Crippen molar-refractivity contribution >= 4 is 38.9 Å². The van der Waals surface area contributed by atoms with Crippen molar-refractivity contribution in [2.75, 3.05) is 11.9 Å². The number of anilines is 2. The lowest BCUT2D eigenvalue weighted by atomic mass is 10.2. The topological polar surface area (TPSA) is 84.1 Å². The summed E-state index contributed by atoms with van der Waals surface area (Å²) >= 11 is 1.21. The van der Waals surface area contributed by atoms with E-state index in [2.05, 4.69) is 11.4 Å². The third kappa shape index (κ3) is 3.56. The van der Waals surface area contributed by atoms with Gasteiger partial charge < -0.3 is 10.1 Å². The first-order chi connectivity index (χ1) is 14.6. The molecule has 0 fully saturated rings. The van der Waals surface area contributed by atoms with E-state index >= 15 is 0 Å². The summed E-state index contributed by atoms with van der Waals surface area (Å²) in [6.07, 6.45) is 0. The van der Waals surface area contributed by atoms with Crippen LogP contribution in [0, 0.1) is 11.3 Å². The van der Waals surface area contributed by atoms with Gasteiger partial charge in [0.05, 0.1) is 29.6 Å². The Morgan fingerprint density at radius 2 is 1.83 bits per heavy atom. The molecule has 2 heterocycles. The lowest BCUT2D eigenvalue weighted by molar-refractivity contribution is 0.0533. The first-order valence-corrected chi connectivity index (χ1v) is 10.1. The minimum atomic E-state index is -0.457. The molecule has 4 rings (SSSR count). The number of para-hydroxylation sites is 1. The first-order valence-electron chi connectivity index (χ1n) is 9.30. The Kier molecular flexibility index (Phi) is 5.33. The number of carbonyl (C=O) groups is 1. The fraction of sp³-hybridized carbons (Fsp3) is 0.0870. The molecule has 2 aromatic heterocycles. The van der Waals surface area contributed by atoms with Crippen LogP contribution in [0.25, 0.3) is 15.9 Å². The molecule has 2 aromatic carbocycles. The lowest BCUT2D eigenvalue weighted by Crippen LogP contribution is -2.16. The molecule has 0 spiro atoms. The van der Waals surface area contributed by atoms with Crippen LogP contribution < -0.4 is 10.9 Å². The molecule has 0 saturated carbocycles. The van der Waals surface area contributed by atoms with E-state index in [1.165, 1.54) is 17.4 Å². The third-order valence-electron chi connectivity index (χ3n) is 4.50. The van der Waals surface area contributed by atoms with Crippen molar-refractivity contribution in [2.24, 2.45) is 0 Å². The minimum Gasteiger partial charge on any atom is -0.462 e. The maximum absolute atomic E-state index is 12.7. The summed E-state index contributed by atoms with van der Waals surface area (Å²) in [6.45, 7) is 1.99. The molecule has 148 valence electrons. The second-order valence-corrected chi connectivity index (χ2v) is 7.40. The van der Waals surface area contributed by atoms with Crippen molar-refractivity contribution in [3.8, 4) is 11.8 Å². The van der Waals surface area contributed by atoms with Crippen LogP contribution in [0.1, 0.15) is 22.2 Å². The van der Waals surface area contributed by atoms with Gasteiger partial charge in [-0.15, -0.1) is 11.3 Å². The second kappa shape index (κ2) is 8.23. The summed E-state index contributed by atoms with van der Waals surface area (Å²) in [7, 11) is 0. The summed E-state index contributed by atoms with van der Waals surface area (Å²) < 4.78 is 6.84. The Balaban J connectivity index is 1.93. The van der Waals surface area contributed by atoms with E-state index in [4.69, 9.17) is 10.00 Å². The van der Waals surface area contributed by atoms with Crippen molar-refractivity contribution in [1.82, 2.24) is 4.57 Å². The zero-order valence-corrected chi connectivity index (χ0v) is 16.9. The van der Waals surface area contributed by atoms with E-state index in [1.54, 1.807) is 41.8 Å². The quantitative estimate of drug-likeness (QED) is 0.471. The van der Waals surface area contributed by atoms with Crippen LogP contribution in [-0.2, 0) is 4.74 Å². The fourth-order valence-electron chi connectivity index (χ4n) is 3.14. The molecular weight excluding hydrogens is 398 g/mol. The maximum Gasteiger partial charge on any atom is 0.350 e. The summed E-state index contributed by atoms with van der Waals surface area (Å²) in [6, 6.07) is 21.5. The Bertz CT molecular complexity index is 1320. The molecule has 0 bridgehead atoms. The number of hydrogen-bond donors (Lipinski definition) is 1. The predicted octanol–water partition coefficient (Wildman–Crippen LogP) is 4.84. The van der Waals surface area contributed by atoms with E-state index in [-0.39, 0.29) is 12.2 Å². The van der Waals surface area contributed by atoms with Gasteiger partial charge in [0.2, 0.25) is 0 Å². The second-order valence-electron chi connectivity index (χ2n) is 6.40. The van der Waals surface area contributed by atoms with E-state index in [0.717, 1.165) is 16.8 Å². The van der Waals surface area contributed by atoms with Gasteiger partial charge in [-0.3, -0.25) is 9.36 Å². The highest BCUT2D eigenvalue weighted by Gasteiger charge is 2.22. The molecule has 0 radical (unpaired) electrons. The van der Waals surface area contributed by atoms with Crippen LogP contribution in [-0.4, -0.2) is 17.1 Å². The number of nitrogens with zero attached hydrogens (tertiary/aromatic N) is 2. The van der Waals surface area contributed by atoms with E-state index < -0.39 is 5.97 Å². The highest BCUT2D eigenvalue weighted by atomic mass is 32.1. The summed E-state index contributed by atoms with van der Waals surface area (Å²) in [5.41, 5.74) is 2.36. The third-order valence-corrected chi connectivity index (χ3v) is 5.67. The number of nitriles is 1. The van der Waals surface area contributed by atoms with Gasteiger partial charge in [0.15, 0.2) is 0 Å². The van der Waals surface area contributed by atoms with Crippen LogP contribution in [0.3, 0.4) is 0 Å². The molecule has 0 aliphatic heterocycles. The number of esters is 1. The first kappa shape index (κ1) is 19.4. The van der Waals surface area contributed by atoms with Crippen LogP contribution >= 0.6 is 11.3 Å².